The fourth-order valence-corrected chi connectivity index (χ4v) is 5.61. The molecule has 172 valence electrons. The summed E-state index contributed by atoms with van der Waals surface area (Å²) < 4.78 is 28.6. The molecular formula is C23H30N4O4S. The summed E-state index contributed by atoms with van der Waals surface area (Å²) in [6.07, 6.45) is 5.92. The highest BCUT2D eigenvalue weighted by atomic mass is 32.2. The zero-order chi connectivity index (χ0) is 22.7. The van der Waals surface area contributed by atoms with E-state index in [1.807, 2.05) is 6.92 Å². The fourth-order valence-electron chi connectivity index (χ4n) is 4.56. The van der Waals surface area contributed by atoms with E-state index in [0.717, 1.165) is 51.1 Å². The quantitative estimate of drug-likeness (QED) is 0.657. The summed E-state index contributed by atoms with van der Waals surface area (Å²) >= 11 is 0. The van der Waals surface area contributed by atoms with Crippen LogP contribution < -0.4 is 9.62 Å². The molecular weight excluding hydrogens is 428 g/mol. The molecule has 3 heterocycles. The van der Waals surface area contributed by atoms with Crippen molar-refractivity contribution in [2.45, 2.75) is 37.5 Å². The molecule has 1 unspecified atom stereocenters. The number of aromatic nitrogens is 1. The number of nitrogens with zero attached hydrogens (tertiary/aromatic N) is 3. The molecule has 0 saturated carbocycles. The van der Waals surface area contributed by atoms with E-state index in [1.54, 1.807) is 24.3 Å². The predicted molar refractivity (Wildman–Crippen MR) is 124 cm³/mol. The second-order valence-electron chi connectivity index (χ2n) is 8.78. The number of aromatic carboxylic acids is 1. The maximum absolute atomic E-state index is 13.0. The van der Waals surface area contributed by atoms with Crippen LogP contribution in [0.1, 0.15) is 41.6 Å². The van der Waals surface area contributed by atoms with Gasteiger partial charge in [-0.2, -0.15) is 0 Å². The highest BCUT2D eigenvalue weighted by Gasteiger charge is 2.27. The highest BCUT2D eigenvalue weighted by molar-refractivity contribution is 7.92. The standard InChI is InChI=1S/C23H30N4O4S/c1-17-6-8-20(9-7-17)32(30,31)25-21-13-19(23(28)29)14-24-22(21)27-12-4-5-18(16-27)15-26-10-2-3-11-26/h6-9,13-14,18,25H,2-5,10-12,15-16H2,1H3,(H,28,29). The van der Waals surface area contributed by atoms with E-state index in [0.29, 0.717) is 11.7 Å². The molecule has 1 aromatic carbocycles. The number of rotatable bonds is 7. The summed E-state index contributed by atoms with van der Waals surface area (Å²) in [6, 6.07) is 7.90. The molecule has 0 spiro atoms. The van der Waals surface area contributed by atoms with Crippen LogP contribution in [-0.4, -0.2) is 62.1 Å². The topological polar surface area (TPSA) is 103 Å². The van der Waals surface area contributed by atoms with Crippen molar-refractivity contribution < 1.29 is 18.3 Å². The van der Waals surface area contributed by atoms with Crippen LogP contribution in [0.15, 0.2) is 41.4 Å². The Morgan fingerprint density at radius 2 is 1.88 bits per heavy atom. The first-order valence-electron chi connectivity index (χ1n) is 11.1. The largest absolute Gasteiger partial charge is 0.478 e. The summed E-state index contributed by atoms with van der Waals surface area (Å²) in [5.74, 6) is -0.188. The number of likely N-dealkylation sites (tertiary alicyclic amines) is 1. The van der Waals surface area contributed by atoms with Crippen LogP contribution in [0.5, 0.6) is 0 Å². The smallest absolute Gasteiger partial charge is 0.337 e. The van der Waals surface area contributed by atoms with Crippen molar-refractivity contribution in [2.75, 3.05) is 42.3 Å². The molecule has 0 amide bonds. The number of carbonyl (C=O) groups is 1. The molecule has 2 N–H and O–H groups in total. The SMILES string of the molecule is Cc1ccc(S(=O)(=O)Nc2cc(C(=O)O)cnc2N2CCCC(CN3CCCC3)C2)cc1. The first-order valence-corrected chi connectivity index (χ1v) is 12.6. The monoisotopic (exact) mass is 458 g/mol. The Hall–Kier alpha value is -2.65. The number of anilines is 2. The summed E-state index contributed by atoms with van der Waals surface area (Å²) in [7, 11) is -3.88. The first kappa shape index (κ1) is 22.5. The van der Waals surface area contributed by atoms with Gasteiger partial charge >= 0.3 is 5.97 Å². The van der Waals surface area contributed by atoms with Crippen molar-refractivity contribution in [1.82, 2.24) is 9.88 Å². The molecule has 2 fully saturated rings. The minimum absolute atomic E-state index is 0.0546. The molecule has 2 aromatic rings. The number of carboxylic acids is 1. The normalized spacial score (nSPS) is 19.8. The van der Waals surface area contributed by atoms with E-state index < -0.39 is 16.0 Å². The maximum Gasteiger partial charge on any atom is 0.337 e. The van der Waals surface area contributed by atoms with Gasteiger partial charge in [-0.15, -0.1) is 0 Å². The third-order valence-electron chi connectivity index (χ3n) is 6.22. The van der Waals surface area contributed by atoms with Crippen molar-refractivity contribution in [3.05, 3.63) is 47.7 Å². The second kappa shape index (κ2) is 9.46. The van der Waals surface area contributed by atoms with Crippen molar-refractivity contribution in [2.24, 2.45) is 5.92 Å². The summed E-state index contributed by atoms with van der Waals surface area (Å²) in [6.45, 7) is 6.74. The zero-order valence-electron chi connectivity index (χ0n) is 18.3. The van der Waals surface area contributed by atoms with Gasteiger partial charge < -0.3 is 14.9 Å². The molecule has 2 aliphatic heterocycles. The van der Waals surface area contributed by atoms with Crippen LogP contribution in [0.4, 0.5) is 11.5 Å². The Morgan fingerprint density at radius 1 is 1.16 bits per heavy atom. The number of hydrogen-bond donors (Lipinski definition) is 2. The Morgan fingerprint density at radius 3 is 2.56 bits per heavy atom. The Bertz CT molecular complexity index is 1070. The van der Waals surface area contributed by atoms with Gasteiger partial charge in [-0.25, -0.2) is 18.2 Å². The van der Waals surface area contributed by atoms with Gasteiger partial charge in [-0.1, -0.05) is 17.7 Å². The van der Waals surface area contributed by atoms with Crippen LogP contribution in [0.3, 0.4) is 0 Å². The molecule has 2 saturated heterocycles. The average molecular weight is 459 g/mol. The van der Waals surface area contributed by atoms with Crippen molar-refractivity contribution in [1.29, 1.82) is 0 Å². The minimum atomic E-state index is -3.88. The molecule has 4 rings (SSSR count). The molecule has 32 heavy (non-hydrogen) atoms. The van der Waals surface area contributed by atoms with Gasteiger partial charge in [0, 0.05) is 25.8 Å². The van der Waals surface area contributed by atoms with Gasteiger partial charge in [0.15, 0.2) is 5.82 Å². The van der Waals surface area contributed by atoms with E-state index in [4.69, 9.17) is 0 Å². The minimum Gasteiger partial charge on any atom is -0.478 e. The molecule has 2 aliphatic rings. The zero-order valence-corrected chi connectivity index (χ0v) is 19.1. The van der Waals surface area contributed by atoms with Crippen molar-refractivity contribution in [3.63, 3.8) is 0 Å². The van der Waals surface area contributed by atoms with Crippen LogP contribution in [-0.2, 0) is 10.0 Å². The first-order chi connectivity index (χ1) is 15.3. The second-order valence-corrected chi connectivity index (χ2v) is 10.5. The molecule has 0 radical (unpaired) electrons. The van der Waals surface area contributed by atoms with Gasteiger partial charge in [-0.3, -0.25) is 4.72 Å². The lowest BCUT2D eigenvalue weighted by Crippen LogP contribution is -2.41. The lowest BCUT2D eigenvalue weighted by Gasteiger charge is -2.36. The van der Waals surface area contributed by atoms with E-state index in [2.05, 4.69) is 19.5 Å². The number of carboxylic acid groups (broad SMARTS) is 1. The van der Waals surface area contributed by atoms with E-state index in [-0.39, 0.29) is 16.1 Å². The molecule has 1 aromatic heterocycles. The molecule has 0 bridgehead atoms. The number of sulfonamides is 1. The summed E-state index contributed by atoms with van der Waals surface area (Å²) in [5.41, 5.74) is 1.10. The predicted octanol–water partition coefficient (Wildman–Crippen LogP) is 3.20. The molecule has 1 atom stereocenters. The Kier molecular flexibility index (Phi) is 6.66. The number of piperidine rings is 1. The average Bonchev–Trinajstić information content (AvgIpc) is 3.27. The van der Waals surface area contributed by atoms with Gasteiger partial charge in [0.1, 0.15) is 0 Å². The number of aryl methyl sites for hydroxylation is 1. The fraction of sp³-hybridized carbons (Fsp3) is 0.478. The Balaban J connectivity index is 1.60. The third-order valence-corrected chi connectivity index (χ3v) is 7.60. The number of hydrogen-bond acceptors (Lipinski definition) is 6. The van der Waals surface area contributed by atoms with Gasteiger partial charge in [0.2, 0.25) is 0 Å². The highest BCUT2D eigenvalue weighted by Crippen LogP contribution is 2.31. The van der Waals surface area contributed by atoms with Gasteiger partial charge in [0.05, 0.1) is 16.1 Å². The summed E-state index contributed by atoms with van der Waals surface area (Å²) in [5, 5.41) is 9.42. The van der Waals surface area contributed by atoms with Crippen LogP contribution in [0.25, 0.3) is 0 Å². The van der Waals surface area contributed by atoms with Crippen LogP contribution >= 0.6 is 0 Å². The van der Waals surface area contributed by atoms with E-state index in [9.17, 15) is 18.3 Å². The molecule has 0 aliphatic carbocycles. The molecule has 9 heteroatoms. The third kappa shape index (κ3) is 5.21. The van der Waals surface area contributed by atoms with E-state index >= 15 is 0 Å². The molecule has 8 nitrogen and oxygen atoms in total. The van der Waals surface area contributed by atoms with Gasteiger partial charge in [-0.05, 0) is 69.8 Å². The summed E-state index contributed by atoms with van der Waals surface area (Å²) in [4.78, 5) is 20.6. The van der Waals surface area contributed by atoms with Crippen LogP contribution in [0.2, 0.25) is 0 Å². The Labute approximate surface area is 189 Å². The maximum atomic E-state index is 13.0. The number of benzene rings is 1. The van der Waals surface area contributed by atoms with Gasteiger partial charge in [0.25, 0.3) is 10.0 Å². The lowest BCUT2D eigenvalue weighted by atomic mass is 9.97. The van der Waals surface area contributed by atoms with Crippen LogP contribution in [0, 0.1) is 12.8 Å². The van der Waals surface area contributed by atoms with Crippen molar-refractivity contribution >= 4 is 27.5 Å². The number of nitrogens with one attached hydrogen (secondary N) is 1. The number of pyridine rings is 1. The van der Waals surface area contributed by atoms with E-state index in [1.165, 1.54) is 25.1 Å². The van der Waals surface area contributed by atoms with Crippen molar-refractivity contribution in [3.8, 4) is 0 Å². The lowest BCUT2D eigenvalue weighted by molar-refractivity contribution is 0.0696.